The molecule has 0 aromatic carbocycles. The standard InChI is InChI=1S/C11H14BrN5/c1-4-8-6(2)16-17(7(8)3)11-14-9(12)5-10(13)15-11/h5H,4H2,1-3H3,(H2,13,14,15). The first-order chi connectivity index (χ1) is 8.02. The number of nitrogens with zero attached hydrogens (tertiary/aromatic N) is 4. The summed E-state index contributed by atoms with van der Waals surface area (Å²) in [5.74, 6) is 0.921. The van der Waals surface area contributed by atoms with E-state index in [1.54, 1.807) is 10.7 Å². The van der Waals surface area contributed by atoms with Crippen LogP contribution in [0.25, 0.3) is 5.95 Å². The molecule has 5 nitrogen and oxygen atoms in total. The lowest BCUT2D eigenvalue weighted by Gasteiger charge is -2.04. The maximum Gasteiger partial charge on any atom is 0.253 e. The minimum absolute atomic E-state index is 0.424. The van der Waals surface area contributed by atoms with E-state index < -0.39 is 0 Å². The molecule has 0 atom stereocenters. The summed E-state index contributed by atoms with van der Waals surface area (Å²) in [5, 5.41) is 4.45. The van der Waals surface area contributed by atoms with Crippen molar-refractivity contribution in [3.8, 4) is 5.95 Å². The predicted molar refractivity (Wildman–Crippen MR) is 70.1 cm³/mol. The lowest BCUT2D eigenvalue weighted by atomic mass is 10.1. The quantitative estimate of drug-likeness (QED) is 0.862. The summed E-state index contributed by atoms with van der Waals surface area (Å²) >= 11 is 3.30. The number of anilines is 1. The van der Waals surface area contributed by atoms with E-state index in [0.29, 0.717) is 16.4 Å². The molecule has 0 saturated carbocycles. The summed E-state index contributed by atoms with van der Waals surface area (Å²) in [6.45, 7) is 6.11. The number of hydrogen-bond acceptors (Lipinski definition) is 4. The Morgan fingerprint density at radius 2 is 2.06 bits per heavy atom. The third kappa shape index (κ3) is 2.17. The number of aryl methyl sites for hydroxylation is 1. The van der Waals surface area contributed by atoms with Gasteiger partial charge in [-0.2, -0.15) is 10.1 Å². The van der Waals surface area contributed by atoms with Crippen molar-refractivity contribution in [2.75, 3.05) is 5.73 Å². The van der Waals surface area contributed by atoms with Crippen molar-refractivity contribution < 1.29 is 0 Å². The van der Waals surface area contributed by atoms with E-state index in [-0.39, 0.29) is 0 Å². The Hall–Kier alpha value is -1.43. The maximum atomic E-state index is 5.70. The van der Waals surface area contributed by atoms with E-state index in [9.17, 15) is 0 Å². The van der Waals surface area contributed by atoms with Crippen LogP contribution in [0.3, 0.4) is 0 Å². The van der Waals surface area contributed by atoms with Crippen LogP contribution >= 0.6 is 15.9 Å². The summed E-state index contributed by atoms with van der Waals surface area (Å²) in [4.78, 5) is 8.47. The Bertz CT molecular complexity index is 541. The van der Waals surface area contributed by atoms with Gasteiger partial charge >= 0.3 is 0 Å². The van der Waals surface area contributed by atoms with Crippen molar-refractivity contribution in [3.05, 3.63) is 27.6 Å². The monoisotopic (exact) mass is 295 g/mol. The van der Waals surface area contributed by atoms with Gasteiger partial charge in [-0.3, -0.25) is 0 Å². The molecule has 0 aliphatic rings. The van der Waals surface area contributed by atoms with Crippen molar-refractivity contribution in [3.63, 3.8) is 0 Å². The molecule has 0 spiro atoms. The molecule has 0 aliphatic carbocycles. The number of rotatable bonds is 2. The molecule has 0 aliphatic heterocycles. The van der Waals surface area contributed by atoms with Crippen LogP contribution < -0.4 is 5.73 Å². The molecule has 2 heterocycles. The highest BCUT2D eigenvalue weighted by molar-refractivity contribution is 9.10. The minimum atomic E-state index is 0.424. The second-order valence-corrected chi connectivity index (χ2v) is 4.64. The summed E-state index contributed by atoms with van der Waals surface area (Å²) in [7, 11) is 0. The van der Waals surface area contributed by atoms with E-state index in [1.807, 2.05) is 13.8 Å². The van der Waals surface area contributed by atoms with Gasteiger partial charge in [0.2, 0.25) is 0 Å². The van der Waals surface area contributed by atoms with E-state index in [1.165, 1.54) is 5.56 Å². The van der Waals surface area contributed by atoms with Crippen LogP contribution in [0.2, 0.25) is 0 Å². The Kier molecular flexibility index (Phi) is 3.15. The highest BCUT2D eigenvalue weighted by atomic mass is 79.9. The van der Waals surface area contributed by atoms with Gasteiger partial charge in [0.25, 0.3) is 5.95 Å². The zero-order chi connectivity index (χ0) is 12.6. The van der Waals surface area contributed by atoms with E-state index in [2.05, 4.69) is 37.9 Å². The van der Waals surface area contributed by atoms with E-state index in [0.717, 1.165) is 17.8 Å². The molecule has 2 rings (SSSR count). The first-order valence-electron chi connectivity index (χ1n) is 5.38. The number of halogens is 1. The molecule has 6 heteroatoms. The highest BCUT2D eigenvalue weighted by Gasteiger charge is 2.13. The largest absolute Gasteiger partial charge is 0.383 e. The zero-order valence-corrected chi connectivity index (χ0v) is 11.6. The summed E-state index contributed by atoms with van der Waals surface area (Å²) in [6, 6.07) is 1.66. The average molecular weight is 296 g/mol. The second-order valence-electron chi connectivity index (χ2n) is 3.83. The molecule has 0 unspecified atom stereocenters. The van der Waals surface area contributed by atoms with E-state index >= 15 is 0 Å². The average Bonchev–Trinajstić information content (AvgIpc) is 2.52. The van der Waals surface area contributed by atoms with Crippen molar-refractivity contribution in [1.29, 1.82) is 0 Å². The third-order valence-corrected chi connectivity index (χ3v) is 3.09. The molecule has 0 amide bonds. The smallest absolute Gasteiger partial charge is 0.253 e. The molecule has 2 aromatic rings. The van der Waals surface area contributed by atoms with Gasteiger partial charge in [-0.05, 0) is 41.8 Å². The highest BCUT2D eigenvalue weighted by Crippen LogP contribution is 2.18. The van der Waals surface area contributed by atoms with Crippen molar-refractivity contribution >= 4 is 21.7 Å². The molecule has 0 fully saturated rings. The molecule has 2 N–H and O–H groups in total. The SMILES string of the molecule is CCc1c(C)nn(-c2nc(N)cc(Br)n2)c1C. The summed E-state index contributed by atoms with van der Waals surface area (Å²) in [6.07, 6.45) is 0.946. The fourth-order valence-corrected chi connectivity index (χ4v) is 2.29. The summed E-state index contributed by atoms with van der Waals surface area (Å²) in [5.41, 5.74) is 9.00. The Balaban J connectivity index is 2.60. The third-order valence-electron chi connectivity index (χ3n) is 2.69. The van der Waals surface area contributed by atoms with Crippen LogP contribution in [0.5, 0.6) is 0 Å². The first-order valence-corrected chi connectivity index (χ1v) is 6.17. The van der Waals surface area contributed by atoms with E-state index in [4.69, 9.17) is 5.73 Å². The van der Waals surface area contributed by atoms with Crippen molar-refractivity contribution in [2.45, 2.75) is 27.2 Å². The van der Waals surface area contributed by atoms with Gasteiger partial charge in [0, 0.05) is 11.8 Å². The van der Waals surface area contributed by atoms with Crippen LogP contribution in [-0.4, -0.2) is 19.7 Å². The Labute approximate surface area is 108 Å². The predicted octanol–water partition coefficient (Wildman–Crippen LogP) is 2.19. The van der Waals surface area contributed by atoms with Crippen LogP contribution in [0, 0.1) is 13.8 Å². The molecule has 90 valence electrons. The van der Waals surface area contributed by atoms with Gasteiger partial charge in [0.05, 0.1) is 5.69 Å². The Morgan fingerprint density at radius 3 is 2.59 bits per heavy atom. The van der Waals surface area contributed by atoms with Crippen LogP contribution in [-0.2, 0) is 6.42 Å². The van der Waals surface area contributed by atoms with Crippen molar-refractivity contribution in [2.24, 2.45) is 0 Å². The van der Waals surface area contributed by atoms with Crippen LogP contribution in [0.15, 0.2) is 10.7 Å². The van der Waals surface area contributed by atoms with Gasteiger partial charge in [0.15, 0.2) is 0 Å². The van der Waals surface area contributed by atoms with Crippen molar-refractivity contribution in [1.82, 2.24) is 19.7 Å². The first kappa shape index (κ1) is 12.0. The fourth-order valence-electron chi connectivity index (χ4n) is 1.90. The lowest BCUT2D eigenvalue weighted by Crippen LogP contribution is -2.07. The number of nitrogens with two attached hydrogens (primary N) is 1. The molecule has 0 radical (unpaired) electrons. The topological polar surface area (TPSA) is 69.6 Å². The van der Waals surface area contributed by atoms with Gasteiger partial charge in [0.1, 0.15) is 10.4 Å². The van der Waals surface area contributed by atoms with Crippen LogP contribution in [0.1, 0.15) is 23.9 Å². The normalized spacial score (nSPS) is 10.8. The summed E-state index contributed by atoms with van der Waals surface area (Å²) < 4.78 is 2.39. The van der Waals surface area contributed by atoms with Crippen LogP contribution in [0.4, 0.5) is 5.82 Å². The van der Waals surface area contributed by atoms with Gasteiger partial charge in [-0.25, -0.2) is 9.67 Å². The van der Waals surface area contributed by atoms with Gasteiger partial charge in [-0.15, -0.1) is 0 Å². The second kappa shape index (κ2) is 4.44. The molecular formula is C11H14BrN5. The molecule has 17 heavy (non-hydrogen) atoms. The number of aromatic nitrogens is 4. The lowest BCUT2D eigenvalue weighted by molar-refractivity contribution is 0.771. The zero-order valence-electron chi connectivity index (χ0n) is 10.0. The number of nitrogen functional groups attached to an aromatic ring is 1. The fraction of sp³-hybridized carbons (Fsp3) is 0.364. The van der Waals surface area contributed by atoms with Gasteiger partial charge in [-0.1, -0.05) is 6.92 Å². The Morgan fingerprint density at radius 1 is 1.35 bits per heavy atom. The number of hydrogen-bond donors (Lipinski definition) is 1. The molecular weight excluding hydrogens is 282 g/mol. The molecule has 2 aromatic heterocycles. The molecule has 0 bridgehead atoms. The molecule has 0 saturated heterocycles. The minimum Gasteiger partial charge on any atom is -0.383 e. The van der Waals surface area contributed by atoms with Gasteiger partial charge < -0.3 is 5.73 Å². The maximum absolute atomic E-state index is 5.70.